The molecule has 1 amide bonds. The van der Waals surface area contributed by atoms with E-state index in [1.54, 1.807) is 18.2 Å². The molecule has 3 N–H and O–H groups in total. The van der Waals surface area contributed by atoms with Crippen molar-refractivity contribution >= 4 is 40.3 Å². The zero-order valence-electron chi connectivity index (χ0n) is 16.4. The Morgan fingerprint density at radius 2 is 1.50 bits per heavy atom. The van der Waals surface area contributed by atoms with Crippen LogP contribution >= 0.6 is 11.6 Å². The van der Waals surface area contributed by atoms with Crippen LogP contribution in [0.5, 0.6) is 0 Å². The minimum absolute atomic E-state index is 0.135. The van der Waals surface area contributed by atoms with Crippen molar-refractivity contribution in [1.29, 1.82) is 5.26 Å². The number of amides is 1. The highest BCUT2D eigenvalue weighted by atomic mass is 35.5. The number of nitriles is 1. The zero-order valence-corrected chi connectivity index (χ0v) is 17.1. The first kappa shape index (κ1) is 22.7. The van der Waals surface area contributed by atoms with E-state index in [9.17, 15) is 23.2 Å². The van der Waals surface area contributed by atoms with Gasteiger partial charge in [0.2, 0.25) is 0 Å². The van der Waals surface area contributed by atoms with E-state index < -0.39 is 22.7 Å². The summed E-state index contributed by atoms with van der Waals surface area (Å²) >= 11 is 5.57. The summed E-state index contributed by atoms with van der Waals surface area (Å²) in [7, 11) is 0. The molecule has 0 aliphatic heterocycles. The lowest BCUT2D eigenvalue weighted by Crippen LogP contribution is -2.15. The lowest BCUT2D eigenvalue weighted by Gasteiger charge is -2.11. The first-order valence-electron chi connectivity index (χ1n) is 9.23. The second kappa shape index (κ2) is 9.90. The number of carbonyl (C=O) groups excluding carboxylic acids is 1. The van der Waals surface area contributed by atoms with Crippen LogP contribution < -0.4 is 16.0 Å². The Balaban J connectivity index is 1.66. The molecule has 3 rings (SSSR count). The van der Waals surface area contributed by atoms with Gasteiger partial charge in [-0.15, -0.1) is 0 Å². The van der Waals surface area contributed by atoms with Crippen LogP contribution in [0.1, 0.15) is 5.56 Å². The normalized spacial score (nSPS) is 11.4. The van der Waals surface area contributed by atoms with E-state index in [0.717, 1.165) is 17.4 Å². The number of para-hydroxylation sites is 1. The van der Waals surface area contributed by atoms with Crippen molar-refractivity contribution in [3.63, 3.8) is 0 Å². The molecule has 9 heteroatoms. The van der Waals surface area contributed by atoms with Crippen LogP contribution in [0.4, 0.5) is 35.9 Å². The Labute approximate surface area is 187 Å². The molecule has 162 valence electrons. The molecule has 0 aliphatic rings. The van der Waals surface area contributed by atoms with E-state index in [1.165, 1.54) is 12.3 Å². The van der Waals surface area contributed by atoms with Crippen LogP contribution in [-0.4, -0.2) is 5.91 Å². The summed E-state index contributed by atoms with van der Waals surface area (Å²) in [6.45, 7) is 0. The molecule has 0 bridgehead atoms. The van der Waals surface area contributed by atoms with Crippen LogP contribution in [0.2, 0.25) is 5.02 Å². The molecule has 3 aromatic carbocycles. The van der Waals surface area contributed by atoms with Crippen molar-refractivity contribution in [2.75, 3.05) is 16.0 Å². The van der Waals surface area contributed by atoms with Crippen LogP contribution in [-0.2, 0) is 11.0 Å². The Hall–Kier alpha value is -3.96. The van der Waals surface area contributed by atoms with Crippen molar-refractivity contribution in [3.05, 3.63) is 95.2 Å². The summed E-state index contributed by atoms with van der Waals surface area (Å²) in [5, 5.41) is 17.1. The number of nitrogens with one attached hydrogen (secondary N) is 3. The summed E-state index contributed by atoms with van der Waals surface area (Å²) < 4.78 is 38.9. The van der Waals surface area contributed by atoms with Gasteiger partial charge >= 0.3 is 6.18 Å². The van der Waals surface area contributed by atoms with Gasteiger partial charge in [-0.2, -0.15) is 18.4 Å². The van der Waals surface area contributed by atoms with Gasteiger partial charge in [-0.3, -0.25) is 4.79 Å². The van der Waals surface area contributed by atoms with Gasteiger partial charge in [0.05, 0.1) is 10.6 Å². The second-order valence-corrected chi connectivity index (χ2v) is 6.94. The smallest absolute Gasteiger partial charge is 0.360 e. The average molecular weight is 457 g/mol. The number of benzene rings is 3. The fourth-order valence-electron chi connectivity index (χ4n) is 2.66. The summed E-state index contributed by atoms with van der Waals surface area (Å²) in [6.07, 6.45) is -3.50. The van der Waals surface area contributed by atoms with Crippen molar-refractivity contribution in [2.45, 2.75) is 6.18 Å². The third kappa shape index (κ3) is 6.03. The molecule has 0 radical (unpaired) electrons. The van der Waals surface area contributed by atoms with Gasteiger partial charge in [0.1, 0.15) is 11.6 Å². The molecular formula is C23H16ClF3N4O. The Kier molecular flexibility index (Phi) is 7.03. The first-order valence-corrected chi connectivity index (χ1v) is 9.61. The van der Waals surface area contributed by atoms with Gasteiger partial charge in [0.25, 0.3) is 5.91 Å². The molecule has 3 aromatic rings. The maximum Gasteiger partial charge on any atom is 0.417 e. The van der Waals surface area contributed by atoms with E-state index in [-0.39, 0.29) is 11.3 Å². The molecule has 0 heterocycles. The number of nitrogens with zero attached hydrogens (tertiary/aromatic N) is 1. The predicted octanol–water partition coefficient (Wildman–Crippen LogP) is 6.56. The molecule has 0 fully saturated rings. The number of halogens is 4. The summed E-state index contributed by atoms with van der Waals surface area (Å²) in [5.41, 5.74) is 0.834. The fourth-order valence-corrected chi connectivity index (χ4v) is 2.89. The summed E-state index contributed by atoms with van der Waals surface area (Å²) in [5.74, 6) is -0.863. The van der Waals surface area contributed by atoms with Gasteiger partial charge in [-0.05, 0) is 54.6 Å². The number of anilines is 4. The van der Waals surface area contributed by atoms with Gasteiger partial charge < -0.3 is 16.0 Å². The van der Waals surface area contributed by atoms with Crippen LogP contribution in [0.25, 0.3) is 0 Å². The molecule has 0 unspecified atom stereocenters. The standard InChI is InChI=1S/C23H16ClF3N4O/c24-21-11-10-19(12-20(21)23(25,26)27)31-22(32)15(13-28)14-29-16-6-8-18(9-7-16)30-17-4-2-1-3-5-17/h1-12,14,29-30H,(H,31,32)/b15-14-. The van der Waals surface area contributed by atoms with E-state index in [1.807, 2.05) is 42.5 Å². The predicted molar refractivity (Wildman–Crippen MR) is 119 cm³/mol. The van der Waals surface area contributed by atoms with E-state index in [2.05, 4.69) is 16.0 Å². The molecule has 0 aliphatic carbocycles. The molecule has 5 nitrogen and oxygen atoms in total. The van der Waals surface area contributed by atoms with Crippen molar-refractivity contribution < 1.29 is 18.0 Å². The highest BCUT2D eigenvalue weighted by Gasteiger charge is 2.33. The Morgan fingerprint density at radius 1 is 0.906 bits per heavy atom. The van der Waals surface area contributed by atoms with Gasteiger partial charge in [-0.1, -0.05) is 29.8 Å². The minimum Gasteiger partial charge on any atom is -0.360 e. The summed E-state index contributed by atoms with van der Waals surface area (Å²) in [6, 6.07) is 21.3. The number of hydrogen-bond donors (Lipinski definition) is 3. The molecule has 0 aromatic heterocycles. The monoisotopic (exact) mass is 456 g/mol. The first-order chi connectivity index (χ1) is 15.3. The highest BCUT2D eigenvalue weighted by molar-refractivity contribution is 6.31. The van der Waals surface area contributed by atoms with Crippen molar-refractivity contribution in [2.24, 2.45) is 0 Å². The third-order valence-corrected chi connectivity index (χ3v) is 4.55. The van der Waals surface area contributed by atoms with Crippen molar-refractivity contribution in [1.82, 2.24) is 0 Å². The molecule has 0 saturated carbocycles. The SMILES string of the molecule is N#C/C(=C/Nc1ccc(Nc2ccccc2)cc1)C(=O)Nc1ccc(Cl)c(C(F)(F)F)c1. The number of rotatable bonds is 6. The maximum absolute atomic E-state index is 13.0. The van der Waals surface area contributed by atoms with E-state index in [0.29, 0.717) is 11.8 Å². The Bertz CT molecular complexity index is 1170. The van der Waals surface area contributed by atoms with Crippen LogP contribution in [0.3, 0.4) is 0 Å². The molecular weight excluding hydrogens is 441 g/mol. The number of carbonyl (C=O) groups is 1. The topological polar surface area (TPSA) is 77.0 Å². The molecule has 0 saturated heterocycles. The maximum atomic E-state index is 13.0. The number of hydrogen-bond acceptors (Lipinski definition) is 4. The molecule has 32 heavy (non-hydrogen) atoms. The third-order valence-electron chi connectivity index (χ3n) is 4.23. The lowest BCUT2D eigenvalue weighted by atomic mass is 10.2. The van der Waals surface area contributed by atoms with Gasteiger partial charge in [0.15, 0.2) is 0 Å². The molecule has 0 spiro atoms. The van der Waals surface area contributed by atoms with E-state index in [4.69, 9.17) is 11.6 Å². The zero-order chi connectivity index (χ0) is 23.1. The highest BCUT2D eigenvalue weighted by Crippen LogP contribution is 2.36. The molecule has 0 atom stereocenters. The fraction of sp³-hybridized carbons (Fsp3) is 0.0435. The van der Waals surface area contributed by atoms with Crippen LogP contribution in [0, 0.1) is 11.3 Å². The van der Waals surface area contributed by atoms with Gasteiger partial charge in [-0.25, -0.2) is 0 Å². The average Bonchev–Trinajstić information content (AvgIpc) is 2.76. The van der Waals surface area contributed by atoms with Gasteiger partial charge in [0, 0.05) is 28.9 Å². The van der Waals surface area contributed by atoms with Crippen molar-refractivity contribution in [3.8, 4) is 6.07 Å². The quantitative estimate of drug-likeness (QED) is 0.290. The largest absolute Gasteiger partial charge is 0.417 e. The number of alkyl halides is 3. The second-order valence-electron chi connectivity index (χ2n) is 6.53. The summed E-state index contributed by atoms with van der Waals surface area (Å²) in [4.78, 5) is 12.3. The van der Waals surface area contributed by atoms with E-state index >= 15 is 0 Å². The van der Waals surface area contributed by atoms with Crippen LogP contribution in [0.15, 0.2) is 84.6 Å². The lowest BCUT2D eigenvalue weighted by molar-refractivity contribution is -0.137. The minimum atomic E-state index is -4.67. The Morgan fingerprint density at radius 3 is 2.12 bits per heavy atom.